The monoisotopic (exact) mass is 452 g/mol. The highest BCUT2D eigenvalue weighted by Gasteiger charge is 2.34. The fraction of sp³-hybridized carbons (Fsp3) is 0.154. The number of hydrogen-bond donors (Lipinski definition) is 2. The van der Waals surface area contributed by atoms with E-state index in [1.807, 2.05) is 68.4 Å². The predicted octanol–water partition coefficient (Wildman–Crippen LogP) is 4.58. The van der Waals surface area contributed by atoms with Crippen molar-refractivity contribution in [1.82, 2.24) is 19.7 Å². The van der Waals surface area contributed by atoms with Gasteiger partial charge in [-0.05, 0) is 43.7 Å². The minimum absolute atomic E-state index is 0.243. The van der Waals surface area contributed by atoms with Gasteiger partial charge >= 0.3 is 0 Å². The molecule has 0 saturated heterocycles. The standard InChI is InChI=1S/C26H24N6O2/c1-16-7-6-8-19(15-16)23-22(25(33)29-20-9-4-5-10-21(20)34-3)17(2)28-26-30-24(31-32(23)26)18-11-13-27-14-12-18/h4-15,23H,1-3H3,(H,29,33)(H,28,30,31). The Bertz CT molecular complexity index is 1390. The molecule has 8 heteroatoms. The van der Waals surface area contributed by atoms with Crippen LogP contribution in [0.2, 0.25) is 0 Å². The summed E-state index contributed by atoms with van der Waals surface area (Å²) in [5.74, 6) is 1.48. The number of methoxy groups -OCH3 is 1. The molecule has 0 radical (unpaired) electrons. The summed E-state index contributed by atoms with van der Waals surface area (Å²) in [6.45, 7) is 3.91. The van der Waals surface area contributed by atoms with Crippen molar-refractivity contribution in [3.63, 3.8) is 0 Å². The van der Waals surface area contributed by atoms with Gasteiger partial charge in [-0.2, -0.15) is 4.98 Å². The maximum atomic E-state index is 13.7. The number of allylic oxidation sites excluding steroid dienone is 1. The number of amides is 1. The smallest absolute Gasteiger partial charge is 0.255 e. The first-order valence-corrected chi connectivity index (χ1v) is 10.9. The van der Waals surface area contributed by atoms with Crippen molar-refractivity contribution in [2.45, 2.75) is 19.9 Å². The summed E-state index contributed by atoms with van der Waals surface area (Å²) in [7, 11) is 1.58. The lowest BCUT2D eigenvalue weighted by Gasteiger charge is -2.29. The minimum atomic E-state index is -0.464. The fourth-order valence-corrected chi connectivity index (χ4v) is 4.15. The highest BCUT2D eigenvalue weighted by atomic mass is 16.5. The fourth-order valence-electron chi connectivity index (χ4n) is 4.15. The predicted molar refractivity (Wildman–Crippen MR) is 131 cm³/mol. The number of carbonyl (C=O) groups excluding carboxylic acids is 1. The molecule has 2 aromatic carbocycles. The van der Waals surface area contributed by atoms with Gasteiger partial charge in [0.15, 0.2) is 5.82 Å². The molecule has 0 aliphatic carbocycles. The molecule has 1 amide bonds. The molecule has 1 aliphatic heterocycles. The number of benzene rings is 2. The number of ether oxygens (including phenoxy) is 1. The first kappa shape index (κ1) is 21.4. The van der Waals surface area contributed by atoms with Crippen LogP contribution in [0.5, 0.6) is 5.75 Å². The molecule has 1 atom stereocenters. The summed E-state index contributed by atoms with van der Waals surface area (Å²) in [6.07, 6.45) is 3.41. The van der Waals surface area contributed by atoms with Crippen LogP contribution in [0.1, 0.15) is 24.1 Å². The molecule has 1 unspecified atom stereocenters. The van der Waals surface area contributed by atoms with E-state index in [9.17, 15) is 4.79 Å². The number of rotatable bonds is 5. The summed E-state index contributed by atoms with van der Waals surface area (Å²) in [6, 6.07) is 18.7. The zero-order valence-electron chi connectivity index (χ0n) is 19.1. The van der Waals surface area contributed by atoms with Crippen LogP contribution >= 0.6 is 0 Å². The van der Waals surface area contributed by atoms with Crippen LogP contribution in [-0.4, -0.2) is 32.8 Å². The van der Waals surface area contributed by atoms with Gasteiger partial charge in [0.25, 0.3) is 5.91 Å². The molecule has 0 spiro atoms. The van der Waals surface area contributed by atoms with E-state index in [2.05, 4.69) is 21.7 Å². The molecule has 34 heavy (non-hydrogen) atoms. The molecular weight excluding hydrogens is 428 g/mol. The molecule has 2 aromatic heterocycles. The average molecular weight is 453 g/mol. The summed E-state index contributed by atoms with van der Waals surface area (Å²) in [5, 5.41) is 11.1. The van der Waals surface area contributed by atoms with E-state index >= 15 is 0 Å². The first-order chi connectivity index (χ1) is 16.5. The lowest BCUT2D eigenvalue weighted by molar-refractivity contribution is -0.113. The average Bonchev–Trinajstić information content (AvgIpc) is 3.27. The van der Waals surface area contributed by atoms with Gasteiger partial charge in [-0.3, -0.25) is 9.78 Å². The Morgan fingerprint density at radius 2 is 1.85 bits per heavy atom. The third-order valence-corrected chi connectivity index (χ3v) is 5.75. The number of aromatic nitrogens is 4. The van der Waals surface area contributed by atoms with Gasteiger partial charge in [0, 0.05) is 23.7 Å². The van der Waals surface area contributed by atoms with Gasteiger partial charge in [-0.15, -0.1) is 5.10 Å². The second-order valence-corrected chi connectivity index (χ2v) is 8.07. The molecule has 0 bridgehead atoms. The van der Waals surface area contributed by atoms with Crippen LogP contribution in [-0.2, 0) is 4.79 Å². The summed E-state index contributed by atoms with van der Waals surface area (Å²) in [5.41, 5.74) is 4.74. The van der Waals surface area contributed by atoms with E-state index in [0.29, 0.717) is 34.5 Å². The Morgan fingerprint density at radius 1 is 1.06 bits per heavy atom. The van der Waals surface area contributed by atoms with Gasteiger partial charge in [0.05, 0.1) is 18.4 Å². The number of para-hydroxylation sites is 2. The number of pyridine rings is 1. The third-order valence-electron chi connectivity index (χ3n) is 5.75. The Labute approximate surface area is 197 Å². The number of carbonyl (C=O) groups is 1. The third kappa shape index (κ3) is 3.90. The van der Waals surface area contributed by atoms with Crippen LogP contribution < -0.4 is 15.4 Å². The largest absolute Gasteiger partial charge is 0.495 e. The highest BCUT2D eigenvalue weighted by Crippen LogP contribution is 2.37. The van der Waals surface area contributed by atoms with Crippen molar-refractivity contribution < 1.29 is 9.53 Å². The van der Waals surface area contributed by atoms with Crippen LogP contribution in [0.15, 0.2) is 84.3 Å². The van der Waals surface area contributed by atoms with Crippen molar-refractivity contribution >= 4 is 17.5 Å². The molecule has 5 rings (SSSR count). The second kappa shape index (κ2) is 8.82. The van der Waals surface area contributed by atoms with Gasteiger partial charge in [0.2, 0.25) is 5.95 Å². The van der Waals surface area contributed by atoms with Crippen molar-refractivity contribution in [3.05, 3.63) is 95.5 Å². The van der Waals surface area contributed by atoms with Crippen LogP contribution in [0, 0.1) is 6.92 Å². The number of nitrogens with one attached hydrogen (secondary N) is 2. The Morgan fingerprint density at radius 3 is 2.62 bits per heavy atom. The lowest BCUT2D eigenvalue weighted by atomic mass is 9.94. The number of nitrogens with zero attached hydrogens (tertiary/aromatic N) is 4. The summed E-state index contributed by atoms with van der Waals surface area (Å²) < 4.78 is 7.19. The maximum absolute atomic E-state index is 13.7. The number of anilines is 2. The van der Waals surface area contributed by atoms with E-state index in [1.165, 1.54) is 0 Å². The number of fused-ring (bicyclic) bond motifs is 1. The summed E-state index contributed by atoms with van der Waals surface area (Å²) >= 11 is 0. The van der Waals surface area contributed by atoms with Gasteiger partial charge < -0.3 is 15.4 Å². The minimum Gasteiger partial charge on any atom is -0.495 e. The topological polar surface area (TPSA) is 94.0 Å². The van der Waals surface area contributed by atoms with Crippen molar-refractivity contribution in [1.29, 1.82) is 0 Å². The molecule has 170 valence electrons. The van der Waals surface area contributed by atoms with Crippen LogP contribution in [0.25, 0.3) is 11.4 Å². The van der Waals surface area contributed by atoms with E-state index in [4.69, 9.17) is 14.8 Å². The van der Waals surface area contributed by atoms with E-state index in [0.717, 1.165) is 16.7 Å². The van der Waals surface area contributed by atoms with Gasteiger partial charge in [0.1, 0.15) is 11.8 Å². The zero-order chi connectivity index (χ0) is 23.7. The first-order valence-electron chi connectivity index (χ1n) is 10.9. The van der Waals surface area contributed by atoms with Crippen molar-refractivity contribution in [3.8, 4) is 17.1 Å². The Kier molecular flexibility index (Phi) is 5.55. The van der Waals surface area contributed by atoms with Gasteiger partial charge in [-0.25, -0.2) is 4.68 Å². The highest BCUT2D eigenvalue weighted by molar-refractivity contribution is 6.06. The van der Waals surface area contributed by atoms with E-state index < -0.39 is 6.04 Å². The Balaban J connectivity index is 1.61. The van der Waals surface area contributed by atoms with Crippen LogP contribution in [0.4, 0.5) is 11.6 Å². The zero-order valence-corrected chi connectivity index (χ0v) is 19.1. The van der Waals surface area contributed by atoms with Crippen LogP contribution in [0.3, 0.4) is 0 Å². The van der Waals surface area contributed by atoms with Gasteiger partial charge in [-0.1, -0.05) is 42.0 Å². The molecule has 4 aromatic rings. The van der Waals surface area contributed by atoms with E-state index in [-0.39, 0.29) is 5.91 Å². The number of hydrogen-bond acceptors (Lipinski definition) is 6. The molecule has 1 aliphatic rings. The molecule has 0 saturated carbocycles. The lowest BCUT2D eigenvalue weighted by Crippen LogP contribution is -2.31. The van der Waals surface area contributed by atoms with Crippen molar-refractivity contribution in [2.75, 3.05) is 17.7 Å². The van der Waals surface area contributed by atoms with E-state index in [1.54, 1.807) is 24.2 Å². The summed E-state index contributed by atoms with van der Waals surface area (Å²) in [4.78, 5) is 22.4. The molecule has 3 heterocycles. The molecule has 8 nitrogen and oxygen atoms in total. The van der Waals surface area contributed by atoms with Crippen molar-refractivity contribution in [2.24, 2.45) is 0 Å². The maximum Gasteiger partial charge on any atom is 0.255 e. The number of aryl methyl sites for hydroxylation is 1. The Hall–Kier alpha value is -4.46. The molecule has 2 N–H and O–H groups in total. The molecule has 0 fully saturated rings. The molecular formula is C26H24N6O2. The SMILES string of the molecule is COc1ccccc1NC(=O)C1=C(C)Nc2nc(-c3ccncc3)nn2C1c1cccc(C)c1. The normalized spacial score (nSPS) is 14.9. The second-order valence-electron chi connectivity index (χ2n) is 8.07. The quantitative estimate of drug-likeness (QED) is 0.460.